The van der Waals surface area contributed by atoms with Gasteiger partial charge >= 0.3 is 0 Å². The lowest BCUT2D eigenvalue weighted by atomic mass is 9.91. The van der Waals surface area contributed by atoms with Crippen molar-refractivity contribution in [2.45, 2.75) is 25.8 Å². The molecular formula is C15H21BrCl2N2O2. The van der Waals surface area contributed by atoms with Crippen molar-refractivity contribution < 1.29 is 9.53 Å². The molecule has 1 amide bonds. The Morgan fingerprint density at radius 3 is 2.68 bits per heavy atom. The van der Waals surface area contributed by atoms with E-state index in [1.165, 1.54) is 0 Å². The highest BCUT2D eigenvalue weighted by Crippen LogP contribution is 2.28. The number of piperidine rings is 1. The number of hydrogen-bond acceptors (Lipinski definition) is 3. The van der Waals surface area contributed by atoms with Gasteiger partial charge < -0.3 is 15.4 Å². The highest BCUT2D eigenvalue weighted by atomic mass is 79.9. The van der Waals surface area contributed by atoms with Crippen molar-refractivity contribution in [3.63, 3.8) is 0 Å². The second-order valence-electron chi connectivity index (χ2n) is 5.44. The van der Waals surface area contributed by atoms with Gasteiger partial charge in [-0.05, 0) is 43.9 Å². The third-order valence-corrected chi connectivity index (χ3v) is 4.67. The van der Waals surface area contributed by atoms with Crippen molar-refractivity contribution in [1.29, 1.82) is 0 Å². The lowest BCUT2D eigenvalue weighted by Crippen LogP contribution is -2.44. The van der Waals surface area contributed by atoms with E-state index in [-0.39, 0.29) is 31.0 Å². The molecule has 0 bridgehead atoms. The van der Waals surface area contributed by atoms with Crippen LogP contribution in [0.3, 0.4) is 0 Å². The van der Waals surface area contributed by atoms with Gasteiger partial charge in [0.15, 0.2) is 6.61 Å². The summed E-state index contributed by atoms with van der Waals surface area (Å²) in [5.41, 5.74) is 5.91. The largest absolute Gasteiger partial charge is 0.482 e. The third kappa shape index (κ3) is 5.30. The maximum atomic E-state index is 12.1. The molecule has 2 rings (SSSR count). The van der Waals surface area contributed by atoms with Crippen LogP contribution in [-0.2, 0) is 4.79 Å². The lowest BCUT2D eigenvalue weighted by Gasteiger charge is -2.33. The number of rotatable bonds is 4. The molecule has 1 aliphatic rings. The maximum absolute atomic E-state index is 12.1. The van der Waals surface area contributed by atoms with Crippen LogP contribution in [0.4, 0.5) is 0 Å². The summed E-state index contributed by atoms with van der Waals surface area (Å²) >= 11 is 9.39. The zero-order valence-electron chi connectivity index (χ0n) is 12.4. The smallest absolute Gasteiger partial charge is 0.260 e. The van der Waals surface area contributed by atoms with Gasteiger partial charge in [-0.25, -0.2) is 0 Å². The summed E-state index contributed by atoms with van der Waals surface area (Å²) in [7, 11) is 0. The number of ether oxygens (including phenoxy) is 1. The van der Waals surface area contributed by atoms with Gasteiger partial charge in [-0.15, -0.1) is 12.4 Å². The van der Waals surface area contributed by atoms with E-state index < -0.39 is 0 Å². The van der Waals surface area contributed by atoms with Crippen LogP contribution in [0.25, 0.3) is 0 Å². The molecular weight excluding hydrogens is 391 g/mol. The Kier molecular flexibility index (Phi) is 7.97. The van der Waals surface area contributed by atoms with E-state index >= 15 is 0 Å². The molecule has 4 nitrogen and oxygen atoms in total. The van der Waals surface area contributed by atoms with Gasteiger partial charge in [0.1, 0.15) is 5.75 Å². The summed E-state index contributed by atoms with van der Waals surface area (Å²) in [6.07, 6.45) is 1.92. The van der Waals surface area contributed by atoms with Gasteiger partial charge in [-0.2, -0.15) is 0 Å². The van der Waals surface area contributed by atoms with Crippen molar-refractivity contribution in [3.8, 4) is 5.75 Å². The van der Waals surface area contributed by atoms with E-state index in [4.69, 9.17) is 22.1 Å². The minimum Gasteiger partial charge on any atom is -0.482 e. The quantitative estimate of drug-likeness (QED) is 0.824. The Morgan fingerprint density at radius 1 is 1.50 bits per heavy atom. The first kappa shape index (κ1) is 19.6. The van der Waals surface area contributed by atoms with E-state index in [0.717, 1.165) is 30.4 Å². The number of amides is 1. The van der Waals surface area contributed by atoms with Crippen LogP contribution in [0.2, 0.25) is 5.02 Å². The molecule has 0 aliphatic carbocycles. The summed E-state index contributed by atoms with van der Waals surface area (Å²) in [6, 6.07) is 5.53. The maximum Gasteiger partial charge on any atom is 0.260 e. The van der Waals surface area contributed by atoms with Crippen LogP contribution in [-0.4, -0.2) is 36.5 Å². The zero-order chi connectivity index (χ0) is 15.4. The highest BCUT2D eigenvalue weighted by molar-refractivity contribution is 9.10. The van der Waals surface area contributed by atoms with Crippen molar-refractivity contribution in [2.24, 2.45) is 11.7 Å². The SMILES string of the molecule is CC(N)C1CCN(C(=O)COc2ccc(Br)cc2Cl)CC1.Cl. The van der Waals surface area contributed by atoms with Gasteiger partial charge in [-0.1, -0.05) is 27.5 Å². The van der Waals surface area contributed by atoms with Gasteiger partial charge in [0.2, 0.25) is 0 Å². The molecule has 1 atom stereocenters. The first-order chi connectivity index (χ1) is 9.97. The zero-order valence-corrected chi connectivity index (χ0v) is 15.6. The van der Waals surface area contributed by atoms with E-state index in [1.54, 1.807) is 12.1 Å². The third-order valence-electron chi connectivity index (χ3n) is 3.88. The second kappa shape index (κ2) is 8.96. The Hall–Kier alpha value is -0.490. The monoisotopic (exact) mass is 410 g/mol. The van der Waals surface area contributed by atoms with Gasteiger partial charge in [0.05, 0.1) is 5.02 Å². The molecule has 124 valence electrons. The number of benzene rings is 1. The van der Waals surface area contributed by atoms with Crippen LogP contribution in [0.1, 0.15) is 19.8 Å². The fourth-order valence-corrected chi connectivity index (χ4v) is 3.23. The molecule has 22 heavy (non-hydrogen) atoms. The Labute approximate surface area is 150 Å². The number of nitrogens with two attached hydrogens (primary N) is 1. The van der Waals surface area contributed by atoms with E-state index in [0.29, 0.717) is 16.7 Å². The first-order valence-electron chi connectivity index (χ1n) is 7.08. The minimum atomic E-state index is -0.00268. The molecule has 0 saturated carbocycles. The molecule has 1 saturated heterocycles. The van der Waals surface area contributed by atoms with E-state index in [9.17, 15) is 4.79 Å². The number of carbonyl (C=O) groups excluding carboxylic acids is 1. The van der Waals surface area contributed by atoms with Crippen molar-refractivity contribution in [2.75, 3.05) is 19.7 Å². The lowest BCUT2D eigenvalue weighted by molar-refractivity contribution is -0.134. The number of nitrogens with zero attached hydrogens (tertiary/aromatic N) is 1. The summed E-state index contributed by atoms with van der Waals surface area (Å²) in [5.74, 6) is 1.03. The Bertz CT molecular complexity index is 506. The second-order valence-corrected chi connectivity index (χ2v) is 6.76. The van der Waals surface area contributed by atoms with Gasteiger partial charge in [0.25, 0.3) is 5.91 Å². The van der Waals surface area contributed by atoms with Gasteiger partial charge in [-0.3, -0.25) is 4.79 Å². The average molecular weight is 412 g/mol. The van der Waals surface area contributed by atoms with E-state index in [2.05, 4.69) is 15.9 Å². The Morgan fingerprint density at radius 2 is 2.14 bits per heavy atom. The standard InChI is InChI=1S/C15H20BrClN2O2.ClH/c1-10(18)11-4-6-19(7-5-11)15(20)9-21-14-3-2-12(16)8-13(14)17;/h2-3,8,10-11H,4-7,9,18H2,1H3;1H. The molecule has 1 unspecified atom stereocenters. The minimum absolute atomic E-state index is 0. The van der Waals surface area contributed by atoms with Gasteiger partial charge in [0, 0.05) is 23.6 Å². The molecule has 1 aromatic carbocycles. The predicted octanol–water partition coefficient (Wildman–Crippen LogP) is 3.49. The molecule has 1 aliphatic heterocycles. The fourth-order valence-electron chi connectivity index (χ4n) is 2.50. The average Bonchev–Trinajstić information content (AvgIpc) is 2.46. The molecule has 1 aromatic rings. The molecule has 7 heteroatoms. The summed E-state index contributed by atoms with van der Waals surface area (Å²) in [4.78, 5) is 14.0. The van der Waals surface area contributed by atoms with Crippen molar-refractivity contribution >= 4 is 45.8 Å². The van der Waals surface area contributed by atoms with E-state index in [1.807, 2.05) is 17.9 Å². The van der Waals surface area contributed by atoms with Crippen molar-refractivity contribution in [3.05, 3.63) is 27.7 Å². The molecule has 0 radical (unpaired) electrons. The van der Waals surface area contributed by atoms with Crippen molar-refractivity contribution in [1.82, 2.24) is 4.90 Å². The number of likely N-dealkylation sites (tertiary alicyclic amines) is 1. The molecule has 1 heterocycles. The normalized spacial score (nSPS) is 16.8. The number of halogens is 3. The number of carbonyl (C=O) groups is 1. The summed E-state index contributed by atoms with van der Waals surface area (Å²) in [5, 5.41) is 0.493. The summed E-state index contributed by atoms with van der Waals surface area (Å²) in [6.45, 7) is 3.55. The fraction of sp³-hybridized carbons (Fsp3) is 0.533. The topological polar surface area (TPSA) is 55.6 Å². The highest BCUT2D eigenvalue weighted by Gasteiger charge is 2.25. The van der Waals surface area contributed by atoms with Crippen LogP contribution in [0.5, 0.6) is 5.75 Å². The Balaban J connectivity index is 0.00000242. The first-order valence-corrected chi connectivity index (χ1v) is 8.25. The molecule has 1 fully saturated rings. The molecule has 0 aromatic heterocycles. The van der Waals surface area contributed by atoms with Crippen LogP contribution < -0.4 is 10.5 Å². The molecule has 0 spiro atoms. The predicted molar refractivity (Wildman–Crippen MR) is 94.8 cm³/mol. The van der Waals surface area contributed by atoms with Crippen LogP contribution in [0.15, 0.2) is 22.7 Å². The number of hydrogen-bond donors (Lipinski definition) is 1. The molecule has 2 N–H and O–H groups in total. The summed E-state index contributed by atoms with van der Waals surface area (Å²) < 4.78 is 6.39. The van der Waals surface area contributed by atoms with Crippen LogP contribution >= 0.6 is 39.9 Å². The van der Waals surface area contributed by atoms with Crippen LogP contribution in [0, 0.1) is 5.92 Å².